The Balaban J connectivity index is 1.35. The first kappa shape index (κ1) is 39.2. The number of nitrogens with zero attached hydrogens (tertiary/aromatic N) is 3. The molecule has 0 spiro atoms. The van der Waals surface area contributed by atoms with Gasteiger partial charge in [-0.1, -0.05) is 38.1 Å². The molecule has 4 N–H and O–H groups in total. The molecule has 4 aliphatic rings. The highest BCUT2D eigenvalue weighted by Crippen LogP contribution is 2.46. The van der Waals surface area contributed by atoms with Gasteiger partial charge in [-0.2, -0.15) is 0 Å². The Morgan fingerprint density at radius 2 is 1.72 bits per heavy atom. The average molecular weight is 768 g/mol. The van der Waals surface area contributed by atoms with Crippen LogP contribution in [-0.2, 0) is 24.4 Å². The molecular weight excluding hydrogens is 715 g/mol. The van der Waals surface area contributed by atoms with Crippen LogP contribution < -0.4 is 30.1 Å². The molecule has 1 saturated heterocycles. The van der Waals surface area contributed by atoms with Crippen LogP contribution in [0, 0.1) is 17.8 Å². The number of hydrogen-bond donors (Lipinski definition) is 4. The van der Waals surface area contributed by atoms with E-state index in [2.05, 4.69) is 37.8 Å². The quantitative estimate of drug-likeness (QED) is 0.289. The van der Waals surface area contributed by atoms with Gasteiger partial charge in [-0.15, -0.1) is 10.2 Å². The first-order valence-corrected chi connectivity index (χ1v) is 20.5. The third kappa shape index (κ3) is 8.74. The van der Waals surface area contributed by atoms with Crippen LogP contribution in [0.1, 0.15) is 86.5 Å². The van der Waals surface area contributed by atoms with Gasteiger partial charge in [0.15, 0.2) is 0 Å². The summed E-state index contributed by atoms with van der Waals surface area (Å²) in [7, 11) is -3.90. The molecule has 0 unspecified atom stereocenters. The molecule has 2 aromatic rings. The molecule has 7 atom stereocenters. The zero-order valence-electron chi connectivity index (χ0n) is 31.9. The number of urea groups is 1. The van der Waals surface area contributed by atoms with Gasteiger partial charge in [0.25, 0.3) is 5.91 Å². The lowest BCUT2D eigenvalue weighted by Crippen LogP contribution is -2.60. The molecule has 3 heterocycles. The van der Waals surface area contributed by atoms with E-state index >= 15 is 0 Å². The lowest BCUT2D eigenvalue weighted by atomic mass is 9.88. The summed E-state index contributed by atoms with van der Waals surface area (Å²) >= 11 is 0. The molecule has 0 bridgehead atoms. The van der Waals surface area contributed by atoms with Crippen molar-refractivity contribution in [1.29, 1.82) is 0 Å². The van der Waals surface area contributed by atoms with Gasteiger partial charge in [-0.3, -0.25) is 19.1 Å². The van der Waals surface area contributed by atoms with Gasteiger partial charge in [0.05, 0.1) is 29.2 Å². The summed E-state index contributed by atoms with van der Waals surface area (Å²) in [5.74, 6) is -1.91. The number of carbonyl (C=O) groups excluding carboxylic acids is 4. The van der Waals surface area contributed by atoms with Crippen LogP contribution in [0.4, 0.5) is 4.79 Å². The van der Waals surface area contributed by atoms with E-state index in [0.29, 0.717) is 48.9 Å². The van der Waals surface area contributed by atoms with Crippen molar-refractivity contribution in [2.45, 2.75) is 121 Å². The molecule has 3 fully saturated rings. The van der Waals surface area contributed by atoms with E-state index in [-0.39, 0.29) is 37.1 Å². The topological polar surface area (TPSA) is 198 Å². The summed E-state index contributed by atoms with van der Waals surface area (Å²) in [5, 5.41) is 17.9. The van der Waals surface area contributed by atoms with Crippen molar-refractivity contribution in [3.63, 3.8) is 0 Å². The molecule has 294 valence electrons. The molecule has 2 aliphatic heterocycles. The number of sulfonamides is 1. The van der Waals surface area contributed by atoms with Crippen molar-refractivity contribution in [2.75, 3.05) is 13.2 Å². The average Bonchev–Trinajstić information content (AvgIpc) is 4.02. The van der Waals surface area contributed by atoms with Crippen molar-refractivity contribution in [3.05, 3.63) is 36.4 Å². The molecule has 6 rings (SSSR count). The third-order valence-corrected chi connectivity index (χ3v) is 12.4. The second kappa shape index (κ2) is 15.3. The first-order chi connectivity index (χ1) is 25.5. The summed E-state index contributed by atoms with van der Waals surface area (Å²) in [6.45, 7) is 11.7. The minimum Gasteiger partial charge on any atom is -0.476 e. The van der Waals surface area contributed by atoms with Gasteiger partial charge in [-0.25, -0.2) is 13.2 Å². The molecule has 0 radical (unpaired) electrons. The summed E-state index contributed by atoms with van der Waals surface area (Å²) in [6.07, 6.45) is 6.38. The fraction of sp³-hybridized carbons (Fsp3) is 0.632. The molecule has 15 nitrogen and oxygen atoms in total. The van der Waals surface area contributed by atoms with E-state index in [1.54, 1.807) is 0 Å². The number of nitrogens with one attached hydrogen (secondary N) is 4. The third-order valence-electron chi connectivity index (χ3n) is 10.6. The van der Waals surface area contributed by atoms with E-state index in [1.165, 1.54) is 4.90 Å². The highest BCUT2D eigenvalue weighted by atomic mass is 32.2. The smallest absolute Gasteiger partial charge is 0.315 e. The largest absolute Gasteiger partial charge is 0.476 e. The van der Waals surface area contributed by atoms with Crippen LogP contribution in [0.3, 0.4) is 0 Å². The van der Waals surface area contributed by atoms with Gasteiger partial charge in [0.2, 0.25) is 33.6 Å². The molecule has 1 aromatic carbocycles. The van der Waals surface area contributed by atoms with Crippen LogP contribution >= 0.6 is 0 Å². The Hall–Kier alpha value is -4.47. The van der Waals surface area contributed by atoms with E-state index in [0.717, 1.165) is 6.42 Å². The van der Waals surface area contributed by atoms with Crippen LogP contribution in [0.15, 0.2) is 36.4 Å². The van der Waals surface area contributed by atoms with E-state index in [1.807, 2.05) is 71.0 Å². The molecule has 54 heavy (non-hydrogen) atoms. The number of rotatable bonds is 8. The Kier molecular flexibility index (Phi) is 11.1. The Morgan fingerprint density at radius 1 is 1.04 bits per heavy atom. The van der Waals surface area contributed by atoms with Gasteiger partial charge >= 0.3 is 6.03 Å². The first-order valence-electron chi connectivity index (χ1n) is 19.0. The number of carbonyl (C=O) groups is 4. The number of allylic oxidation sites excluding steroid dienone is 1. The van der Waals surface area contributed by atoms with Crippen LogP contribution in [0.5, 0.6) is 11.8 Å². The van der Waals surface area contributed by atoms with Crippen LogP contribution in [0.2, 0.25) is 0 Å². The van der Waals surface area contributed by atoms with Gasteiger partial charge in [0.1, 0.15) is 23.7 Å². The van der Waals surface area contributed by atoms with Crippen LogP contribution in [0.25, 0.3) is 10.8 Å². The Morgan fingerprint density at radius 3 is 2.39 bits per heavy atom. The maximum Gasteiger partial charge on any atom is 0.315 e. The van der Waals surface area contributed by atoms with Crippen molar-refractivity contribution in [2.24, 2.45) is 17.8 Å². The summed E-state index contributed by atoms with van der Waals surface area (Å²) in [5.41, 5.74) is -2.08. The second-order valence-corrected chi connectivity index (χ2v) is 18.3. The van der Waals surface area contributed by atoms with Gasteiger partial charge in [-0.05, 0) is 90.2 Å². The predicted octanol–water partition coefficient (Wildman–Crippen LogP) is 3.34. The Labute approximate surface area is 316 Å². The summed E-state index contributed by atoms with van der Waals surface area (Å²) in [4.78, 5) is 57.7. The van der Waals surface area contributed by atoms with E-state index in [9.17, 15) is 27.6 Å². The predicted molar refractivity (Wildman–Crippen MR) is 201 cm³/mol. The zero-order valence-corrected chi connectivity index (χ0v) is 32.7. The number of amides is 5. The van der Waals surface area contributed by atoms with Gasteiger partial charge in [0, 0.05) is 17.9 Å². The maximum absolute atomic E-state index is 14.8. The van der Waals surface area contributed by atoms with E-state index < -0.39 is 74.2 Å². The lowest BCUT2D eigenvalue weighted by molar-refractivity contribution is -0.142. The Bertz CT molecular complexity index is 1910. The maximum atomic E-state index is 14.8. The number of benzene rings is 1. The highest BCUT2D eigenvalue weighted by Gasteiger charge is 2.62. The van der Waals surface area contributed by atoms with Crippen molar-refractivity contribution >= 4 is 44.5 Å². The lowest BCUT2D eigenvalue weighted by Gasteiger charge is -2.33. The molecular formula is C38H53N7O8S. The fourth-order valence-corrected chi connectivity index (χ4v) is 8.92. The zero-order chi connectivity index (χ0) is 39.0. The fourth-order valence-electron chi connectivity index (χ4n) is 7.56. The number of aromatic nitrogens is 2. The van der Waals surface area contributed by atoms with E-state index in [4.69, 9.17) is 9.47 Å². The highest BCUT2D eigenvalue weighted by molar-refractivity contribution is 7.91. The SMILES string of the molecule is CCOc1nnc(O[C@@H]2C[C@H]3C(=O)N[C@]4(C(=O)NS(=O)(=O)C5CC5)C[C@H]4C=CCC[C@@H](C)C[C@@H](C)[C@H](NC(=O)NC(C)(C)C)C(=O)N3C2)c2ccccc12. The minimum atomic E-state index is -3.90. The van der Waals surface area contributed by atoms with Crippen molar-refractivity contribution in [3.8, 4) is 11.8 Å². The molecule has 2 saturated carbocycles. The summed E-state index contributed by atoms with van der Waals surface area (Å²) < 4.78 is 40.1. The monoisotopic (exact) mass is 767 g/mol. The molecule has 2 aliphatic carbocycles. The number of ether oxygens (including phenoxy) is 2. The summed E-state index contributed by atoms with van der Waals surface area (Å²) in [6, 6.07) is 4.71. The molecule has 16 heteroatoms. The second-order valence-electron chi connectivity index (χ2n) is 16.4. The number of fused-ring (bicyclic) bond motifs is 3. The van der Waals surface area contributed by atoms with Gasteiger partial charge < -0.3 is 30.3 Å². The van der Waals surface area contributed by atoms with Crippen molar-refractivity contribution < 1.29 is 37.1 Å². The van der Waals surface area contributed by atoms with Crippen LogP contribution in [-0.4, -0.2) is 94.9 Å². The molecule has 5 amide bonds. The number of hydrogen-bond acceptors (Lipinski definition) is 10. The minimum absolute atomic E-state index is 0.0277. The normalized spacial score (nSPS) is 29.2. The molecule has 1 aromatic heterocycles. The standard InChI is InChI=1S/C38H53N7O8S/c1-7-52-32-27-14-10-11-15-28(27)33(43-42-32)53-25-19-29-31(46)40-38(35(48)44-54(50,51)26-16-17-26)20-24(38)13-9-8-12-22(2)18-23(3)30(34(47)45(29)21-25)39-36(49)41-37(4,5)6/h9-11,13-15,22-26,29-30H,7-8,12,16-21H2,1-6H3,(H,40,46)(H,44,48)(H2,39,41,49)/t22-,23-,24-,25-,29+,30+,38-/m1/s1. The van der Waals surface area contributed by atoms with Crippen molar-refractivity contribution in [1.82, 2.24) is 35.8 Å².